The van der Waals surface area contributed by atoms with Crippen molar-refractivity contribution in [3.8, 4) is 11.5 Å². The molecule has 0 radical (unpaired) electrons. The monoisotopic (exact) mass is 192 g/mol. The van der Waals surface area contributed by atoms with Crippen LogP contribution in [0.15, 0.2) is 18.2 Å². The standard InChI is InChI=1S/C10H8O4/c11-6-4-8(13)10-7(12)2-1-3-9(10)14-5-6/h1-3,12H,4-5H2. The van der Waals surface area contributed by atoms with E-state index in [2.05, 4.69) is 0 Å². The third-order valence-electron chi connectivity index (χ3n) is 2.03. The minimum Gasteiger partial charge on any atom is -0.507 e. The van der Waals surface area contributed by atoms with Crippen LogP contribution in [0.3, 0.4) is 0 Å². The average molecular weight is 192 g/mol. The fraction of sp³-hybridized carbons (Fsp3) is 0.200. The number of phenolic OH excluding ortho intramolecular Hbond substituents is 1. The Kier molecular flexibility index (Phi) is 1.96. The molecule has 1 N–H and O–H groups in total. The first-order valence-electron chi connectivity index (χ1n) is 4.18. The van der Waals surface area contributed by atoms with E-state index in [1.165, 1.54) is 6.07 Å². The lowest BCUT2D eigenvalue weighted by molar-refractivity contribution is -0.119. The molecule has 4 heteroatoms. The van der Waals surface area contributed by atoms with Gasteiger partial charge in [-0.1, -0.05) is 6.07 Å². The van der Waals surface area contributed by atoms with E-state index in [4.69, 9.17) is 4.74 Å². The number of carbonyl (C=O) groups is 2. The summed E-state index contributed by atoms with van der Waals surface area (Å²) < 4.78 is 5.08. The smallest absolute Gasteiger partial charge is 0.177 e. The van der Waals surface area contributed by atoms with E-state index < -0.39 is 0 Å². The zero-order valence-corrected chi connectivity index (χ0v) is 7.32. The maximum absolute atomic E-state index is 11.5. The maximum Gasteiger partial charge on any atom is 0.177 e. The van der Waals surface area contributed by atoms with Crippen LogP contribution in [-0.4, -0.2) is 23.3 Å². The highest BCUT2D eigenvalue weighted by Gasteiger charge is 2.24. The van der Waals surface area contributed by atoms with E-state index in [0.29, 0.717) is 0 Å². The molecule has 0 saturated heterocycles. The van der Waals surface area contributed by atoms with E-state index in [1.54, 1.807) is 12.1 Å². The molecule has 1 aromatic carbocycles. The minimum absolute atomic E-state index is 0.109. The average Bonchev–Trinajstić information content (AvgIpc) is 2.27. The maximum atomic E-state index is 11.5. The fourth-order valence-corrected chi connectivity index (χ4v) is 1.40. The largest absolute Gasteiger partial charge is 0.507 e. The summed E-state index contributed by atoms with van der Waals surface area (Å²) in [6.45, 7) is -0.109. The number of carbonyl (C=O) groups excluding carboxylic acids is 2. The molecule has 72 valence electrons. The van der Waals surface area contributed by atoms with Crippen molar-refractivity contribution in [2.45, 2.75) is 6.42 Å². The quantitative estimate of drug-likeness (QED) is 0.621. The molecule has 0 atom stereocenters. The fourth-order valence-electron chi connectivity index (χ4n) is 1.40. The van der Waals surface area contributed by atoms with Crippen LogP contribution in [0.1, 0.15) is 16.8 Å². The Morgan fingerprint density at radius 2 is 2.07 bits per heavy atom. The number of fused-ring (bicyclic) bond motifs is 1. The van der Waals surface area contributed by atoms with Gasteiger partial charge >= 0.3 is 0 Å². The van der Waals surface area contributed by atoms with Crippen molar-refractivity contribution in [3.05, 3.63) is 23.8 Å². The first-order valence-corrected chi connectivity index (χ1v) is 4.18. The predicted octanol–water partition coefficient (Wildman–Crippen LogP) is 0.926. The zero-order chi connectivity index (χ0) is 10.1. The van der Waals surface area contributed by atoms with Crippen LogP contribution in [0.25, 0.3) is 0 Å². The van der Waals surface area contributed by atoms with E-state index >= 15 is 0 Å². The van der Waals surface area contributed by atoms with Crippen LogP contribution in [0.4, 0.5) is 0 Å². The summed E-state index contributed by atoms with van der Waals surface area (Å²) in [5.41, 5.74) is 0.110. The molecule has 1 aliphatic rings. The summed E-state index contributed by atoms with van der Waals surface area (Å²) in [7, 11) is 0. The van der Waals surface area contributed by atoms with Gasteiger partial charge < -0.3 is 9.84 Å². The summed E-state index contributed by atoms with van der Waals surface area (Å²) in [5.74, 6) is -0.519. The molecular weight excluding hydrogens is 184 g/mol. The lowest BCUT2D eigenvalue weighted by Gasteiger charge is -2.05. The third kappa shape index (κ3) is 1.35. The summed E-state index contributed by atoms with van der Waals surface area (Å²) in [4.78, 5) is 22.5. The first kappa shape index (κ1) is 8.74. The van der Waals surface area contributed by atoms with Crippen LogP contribution in [-0.2, 0) is 4.79 Å². The van der Waals surface area contributed by atoms with Gasteiger partial charge in [0.15, 0.2) is 11.6 Å². The second-order valence-electron chi connectivity index (χ2n) is 3.08. The molecule has 0 aromatic heterocycles. The van der Waals surface area contributed by atoms with Gasteiger partial charge in [0.1, 0.15) is 23.7 Å². The highest BCUT2D eigenvalue weighted by molar-refractivity contribution is 6.12. The molecule has 0 aliphatic carbocycles. The van der Waals surface area contributed by atoms with Crippen LogP contribution < -0.4 is 4.74 Å². The first-order chi connectivity index (χ1) is 6.68. The molecule has 14 heavy (non-hydrogen) atoms. The molecule has 0 saturated carbocycles. The highest BCUT2D eigenvalue weighted by Crippen LogP contribution is 2.30. The Morgan fingerprint density at radius 3 is 2.86 bits per heavy atom. The molecule has 0 bridgehead atoms. The topological polar surface area (TPSA) is 63.6 Å². The summed E-state index contributed by atoms with van der Waals surface area (Å²) in [6, 6.07) is 4.53. The number of Topliss-reactive ketones (excluding diaryl/α,β-unsaturated/α-hetero) is 2. The van der Waals surface area contributed by atoms with Gasteiger partial charge in [-0.05, 0) is 12.1 Å². The molecule has 0 unspecified atom stereocenters. The number of hydrogen-bond acceptors (Lipinski definition) is 4. The van der Waals surface area contributed by atoms with E-state index in [-0.39, 0.29) is 41.7 Å². The van der Waals surface area contributed by atoms with Gasteiger partial charge in [0.05, 0.1) is 6.42 Å². The second-order valence-corrected chi connectivity index (χ2v) is 3.08. The molecule has 0 amide bonds. The predicted molar refractivity (Wildman–Crippen MR) is 47.6 cm³/mol. The number of aromatic hydroxyl groups is 1. The van der Waals surface area contributed by atoms with Crippen molar-refractivity contribution in [3.63, 3.8) is 0 Å². The van der Waals surface area contributed by atoms with Gasteiger partial charge in [-0.25, -0.2) is 0 Å². The van der Waals surface area contributed by atoms with Crippen LogP contribution in [0.5, 0.6) is 11.5 Å². The van der Waals surface area contributed by atoms with Crippen LogP contribution in [0.2, 0.25) is 0 Å². The normalized spacial score (nSPS) is 15.7. The molecule has 4 nitrogen and oxygen atoms in total. The van der Waals surface area contributed by atoms with Gasteiger partial charge in [0.2, 0.25) is 0 Å². The lowest BCUT2D eigenvalue weighted by Crippen LogP contribution is -2.10. The molecule has 1 aromatic rings. The summed E-state index contributed by atoms with van der Waals surface area (Å²) in [6.07, 6.45) is -0.204. The van der Waals surface area contributed by atoms with E-state index in [9.17, 15) is 14.7 Å². The SMILES string of the molecule is O=C1COc2cccc(O)c2C(=O)C1. The Morgan fingerprint density at radius 1 is 1.29 bits per heavy atom. The number of benzene rings is 1. The molecule has 1 aliphatic heterocycles. The second kappa shape index (κ2) is 3.14. The van der Waals surface area contributed by atoms with Crippen molar-refractivity contribution in [2.24, 2.45) is 0 Å². The van der Waals surface area contributed by atoms with E-state index in [0.717, 1.165) is 0 Å². The number of ether oxygens (including phenoxy) is 1. The number of phenols is 1. The highest BCUT2D eigenvalue weighted by atomic mass is 16.5. The lowest BCUT2D eigenvalue weighted by atomic mass is 10.1. The van der Waals surface area contributed by atoms with Gasteiger partial charge in [-0.15, -0.1) is 0 Å². The molecule has 0 spiro atoms. The van der Waals surface area contributed by atoms with Crippen molar-refractivity contribution >= 4 is 11.6 Å². The van der Waals surface area contributed by atoms with Crippen molar-refractivity contribution in [1.82, 2.24) is 0 Å². The Labute approximate surface area is 80.1 Å². The number of hydrogen-bond donors (Lipinski definition) is 1. The number of ketones is 2. The molecule has 0 fully saturated rings. The van der Waals surface area contributed by atoms with Gasteiger partial charge in [0, 0.05) is 0 Å². The van der Waals surface area contributed by atoms with Crippen molar-refractivity contribution < 1.29 is 19.4 Å². The van der Waals surface area contributed by atoms with Gasteiger partial charge in [-0.3, -0.25) is 9.59 Å². The molecular formula is C10H8O4. The van der Waals surface area contributed by atoms with E-state index in [1.807, 2.05) is 0 Å². The van der Waals surface area contributed by atoms with Crippen molar-refractivity contribution in [1.29, 1.82) is 0 Å². The Hall–Kier alpha value is -1.84. The van der Waals surface area contributed by atoms with Gasteiger partial charge in [-0.2, -0.15) is 0 Å². The summed E-state index contributed by atoms with van der Waals surface area (Å²) >= 11 is 0. The Bertz CT molecular complexity index is 409. The Balaban J connectivity index is 2.54. The van der Waals surface area contributed by atoms with Crippen LogP contribution >= 0.6 is 0 Å². The minimum atomic E-state index is -0.388. The van der Waals surface area contributed by atoms with Crippen molar-refractivity contribution in [2.75, 3.05) is 6.61 Å². The third-order valence-corrected chi connectivity index (χ3v) is 2.03. The molecule has 2 rings (SSSR count). The summed E-state index contributed by atoms with van der Waals surface area (Å²) in [5, 5.41) is 9.43. The van der Waals surface area contributed by atoms with Gasteiger partial charge in [0.25, 0.3) is 0 Å². The zero-order valence-electron chi connectivity index (χ0n) is 7.32. The van der Waals surface area contributed by atoms with Crippen LogP contribution in [0, 0.1) is 0 Å². The molecule has 1 heterocycles. The number of rotatable bonds is 0.